The van der Waals surface area contributed by atoms with Crippen molar-refractivity contribution in [3.63, 3.8) is 0 Å². The molecule has 1 aliphatic carbocycles. The molecule has 1 rings (SSSR count). The van der Waals surface area contributed by atoms with Crippen LogP contribution in [0.2, 0.25) is 0 Å². The molecule has 0 aromatic heterocycles. The largest absolute Gasteiger partial charge is 0.322 e. The molecule has 0 amide bonds. The zero-order valence-corrected chi connectivity index (χ0v) is 10.2. The SMILES string of the molecule is CC(=O)C(N)CC(C)CCC1CCCC1. The molecule has 0 radical (unpaired) electrons. The number of hydrogen-bond acceptors (Lipinski definition) is 2. The van der Waals surface area contributed by atoms with Crippen LogP contribution < -0.4 is 5.73 Å². The van der Waals surface area contributed by atoms with Gasteiger partial charge >= 0.3 is 0 Å². The van der Waals surface area contributed by atoms with Gasteiger partial charge in [0.05, 0.1) is 6.04 Å². The molecule has 2 atom stereocenters. The summed E-state index contributed by atoms with van der Waals surface area (Å²) in [5, 5.41) is 0. The Bertz CT molecular complexity index is 197. The topological polar surface area (TPSA) is 43.1 Å². The van der Waals surface area contributed by atoms with Crippen LogP contribution in [0.1, 0.15) is 58.8 Å². The Morgan fingerprint density at radius 2 is 2.00 bits per heavy atom. The number of Topliss-reactive ketones (excluding diaryl/α,β-unsaturated/α-hetero) is 1. The van der Waals surface area contributed by atoms with E-state index in [4.69, 9.17) is 5.73 Å². The maximum absolute atomic E-state index is 11.0. The summed E-state index contributed by atoms with van der Waals surface area (Å²) in [4.78, 5) is 11.0. The Balaban J connectivity index is 2.12. The summed E-state index contributed by atoms with van der Waals surface area (Å²) >= 11 is 0. The summed E-state index contributed by atoms with van der Waals surface area (Å²) in [6.07, 6.45) is 9.13. The number of ketones is 1. The van der Waals surface area contributed by atoms with Crippen molar-refractivity contribution >= 4 is 5.78 Å². The summed E-state index contributed by atoms with van der Waals surface area (Å²) in [5.41, 5.74) is 5.75. The van der Waals surface area contributed by atoms with Crippen LogP contribution in [-0.4, -0.2) is 11.8 Å². The van der Waals surface area contributed by atoms with Crippen LogP contribution in [0.4, 0.5) is 0 Å². The lowest BCUT2D eigenvalue weighted by atomic mass is 9.91. The van der Waals surface area contributed by atoms with Gasteiger partial charge in [0.2, 0.25) is 0 Å². The first-order valence-corrected chi connectivity index (χ1v) is 6.35. The quantitative estimate of drug-likeness (QED) is 0.734. The number of hydrogen-bond donors (Lipinski definition) is 1. The predicted octanol–water partition coefficient (Wildman–Crippen LogP) is 2.90. The third-order valence-electron chi connectivity index (χ3n) is 3.72. The second-order valence-corrected chi connectivity index (χ2v) is 5.29. The minimum atomic E-state index is -0.233. The third kappa shape index (κ3) is 4.78. The number of nitrogens with two attached hydrogens (primary N) is 1. The van der Waals surface area contributed by atoms with E-state index in [0.29, 0.717) is 5.92 Å². The first-order chi connectivity index (χ1) is 7.09. The Hall–Kier alpha value is -0.370. The zero-order chi connectivity index (χ0) is 11.3. The molecule has 2 unspecified atom stereocenters. The molecule has 0 spiro atoms. The molecule has 1 fully saturated rings. The molecular weight excluding hydrogens is 186 g/mol. The first-order valence-electron chi connectivity index (χ1n) is 6.35. The molecule has 1 saturated carbocycles. The van der Waals surface area contributed by atoms with Gasteiger partial charge in [0.25, 0.3) is 0 Å². The van der Waals surface area contributed by atoms with Crippen molar-refractivity contribution in [1.82, 2.24) is 0 Å². The van der Waals surface area contributed by atoms with Crippen molar-refractivity contribution in [2.75, 3.05) is 0 Å². The minimum Gasteiger partial charge on any atom is -0.322 e. The third-order valence-corrected chi connectivity index (χ3v) is 3.72. The summed E-state index contributed by atoms with van der Waals surface area (Å²) in [5.74, 6) is 1.69. The van der Waals surface area contributed by atoms with E-state index >= 15 is 0 Å². The van der Waals surface area contributed by atoms with Crippen LogP contribution in [0.25, 0.3) is 0 Å². The van der Waals surface area contributed by atoms with Gasteiger partial charge in [-0.2, -0.15) is 0 Å². The number of rotatable bonds is 6. The van der Waals surface area contributed by atoms with Crippen molar-refractivity contribution in [1.29, 1.82) is 0 Å². The van der Waals surface area contributed by atoms with Gasteiger partial charge in [-0.3, -0.25) is 4.79 Å². The van der Waals surface area contributed by atoms with Gasteiger partial charge in [-0.1, -0.05) is 45.4 Å². The van der Waals surface area contributed by atoms with Crippen LogP contribution >= 0.6 is 0 Å². The van der Waals surface area contributed by atoms with Crippen LogP contribution in [0.5, 0.6) is 0 Å². The Labute approximate surface area is 93.6 Å². The highest BCUT2D eigenvalue weighted by Gasteiger charge is 2.17. The van der Waals surface area contributed by atoms with E-state index in [0.717, 1.165) is 12.3 Å². The first kappa shape index (κ1) is 12.7. The highest BCUT2D eigenvalue weighted by atomic mass is 16.1. The Kier molecular flexibility index (Phi) is 5.30. The molecule has 2 nitrogen and oxygen atoms in total. The normalized spacial score (nSPS) is 21.5. The summed E-state index contributed by atoms with van der Waals surface area (Å²) in [7, 11) is 0. The van der Waals surface area contributed by atoms with Crippen molar-refractivity contribution in [2.24, 2.45) is 17.6 Å². The molecule has 0 aromatic carbocycles. The van der Waals surface area contributed by atoms with E-state index in [1.54, 1.807) is 6.92 Å². The van der Waals surface area contributed by atoms with Gasteiger partial charge in [0.15, 0.2) is 0 Å². The van der Waals surface area contributed by atoms with Crippen molar-refractivity contribution in [2.45, 2.75) is 64.8 Å². The average molecular weight is 211 g/mol. The molecule has 88 valence electrons. The van der Waals surface area contributed by atoms with E-state index in [2.05, 4.69) is 6.92 Å². The number of carbonyl (C=O) groups is 1. The fourth-order valence-electron chi connectivity index (χ4n) is 2.54. The maximum Gasteiger partial charge on any atom is 0.146 e. The monoisotopic (exact) mass is 211 g/mol. The number of carbonyl (C=O) groups excluding carboxylic acids is 1. The standard InChI is InChI=1S/C13H25NO/c1-10(9-13(14)11(2)15)7-8-12-5-3-4-6-12/h10,12-13H,3-9,14H2,1-2H3. The summed E-state index contributed by atoms with van der Waals surface area (Å²) in [6, 6.07) is -0.233. The lowest BCUT2D eigenvalue weighted by Gasteiger charge is -2.17. The maximum atomic E-state index is 11.0. The smallest absolute Gasteiger partial charge is 0.146 e. The molecule has 0 aromatic rings. The van der Waals surface area contributed by atoms with Crippen molar-refractivity contribution < 1.29 is 4.79 Å². The van der Waals surface area contributed by atoms with E-state index in [1.807, 2.05) is 0 Å². The van der Waals surface area contributed by atoms with E-state index < -0.39 is 0 Å². The summed E-state index contributed by atoms with van der Waals surface area (Å²) < 4.78 is 0. The van der Waals surface area contributed by atoms with Crippen molar-refractivity contribution in [3.8, 4) is 0 Å². The molecular formula is C13H25NO. The van der Waals surface area contributed by atoms with Gasteiger partial charge in [-0.15, -0.1) is 0 Å². The molecule has 1 aliphatic rings. The zero-order valence-electron chi connectivity index (χ0n) is 10.2. The van der Waals surface area contributed by atoms with Crippen LogP contribution in [-0.2, 0) is 4.79 Å². The molecule has 0 heterocycles. The van der Waals surface area contributed by atoms with Crippen LogP contribution in [0, 0.1) is 11.8 Å². The van der Waals surface area contributed by atoms with Gasteiger partial charge < -0.3 is 5.73 Å². The fraction of sp³-hybridized carbons (Fsp3) is 0.923. The lowest BCUT2D eigenvalue weighted by molar-refractivity contribution is -0.118. The van der Waals surface area contributed by atoms with E-state index in [9.17, 15) is 4.79 Å². The Morgan fingerprint density at radius 3 is 2.53 bits per heavy atom. The lowest BCUT2D eigenvalue weighted by Crippen LogP contribution is -2.30. The van der Waals surface area contributed by atoms with Gasteiger partial charge in [-0.05, 0) is 25.2 Å². The van der Waals surface area contributed by atoms with Crippen LogP contribution in [0.3, 0.4) is 0 Å². The van der Waals surface area contributed by atoms with Gasteiger partial charge in [0.1, 0.15) is 5.78 Å². The predicted molar refractivity (Wildman–Crippen MR) is 63.6 cm³/mol. The Morgan fingerprint density at radius 1 is 1.40 bits per heavy atom. The second-order valence-electron chi connectivity index (χ2n) is 5.29. The van der Waals surface area contributed by atoms with Crippen molar-refractivity contribution in [3.05, 3.63) is 0 Å². The van der Waals surface area contributed by atoms with Gasteiger partial charge in [0, 0.05) is 0 Å². The minimum absolute atomic E-state index is 0.128. The summed E-state index contributed by atoms with van der Waals surface area (Å²) in [6.45, 7) is 3.81. The molecule has 0 aliphatic heterocycles. The highest BCUT2D eigenvalue weighted by molar-refractivity contribution is 5.81. The van der Waals surface area contributed by atoms with Gasteiger partial charge in [-0.25, -0.2) is 0 Å². The molecule has 0 saturated heterocycles. The molecule has 15 heavy (non-hydrogen) atoms. The molecule has 2 heteroatoms. The fourth-order valence-corrected chi connectivity index (χ4v) is 2.54. The average Bonchev–Trinajstić information content (AvgIpc) is 2.66. The molecule has 0 bridgehead atoms. The second kappa shape index (κ2) is 6.26. The van der Waals surface area contributed by atoms with E-state index in [-0.39, 0.29) is 11.8 Å². The highest BCUT2D eigenvalue weighted by Crippen LogP contribution is 2.30. The van der Waals surface area contributed by atoms with E-state index in [1.165, 1.54) is 38.5 Å². The van der Waals surface area contributed by atoms with Crippen LogP contribution in [0.15, 0.2) is 0 Å². The molecule has 2 N–H and O–H groups in total.